The van der Waals surface area contributed by atoms with E-state index < -0.39 is 24.3 Å². The highest BCUT2D eigenvalue weighted by atomic mass is 32.1. The molecule has 1 atom stereocenters. The normalized spacial score (nSPS) is 11.6. The number of benzene rings is 2. The predicted octanol–water partition coefficient (Wildman–Crippen LogP) is 4.26. The molecule has 3 aromatic rings. The molecule has 1 heterocycles. The molecule has 0 aliphatic rings. The van der Waals surface area contributed by atoms with Gasteiger partial charge in [-0.15, -0.1) is 11.3 Å². The maximum atomic E-state index is 13.6. The fraction of sp³-hybridized carbons (Fsp3) is 0.143. The molecule has 0 saturated carbocycles. The summed E-state index contributed by atoms with van der Waals surface area (Å²) in [6, 6.07) is 17.1. The van der Waals surface area contributed by atoms with Crippen LogP contribution in [-0.4, -0.2) is 18.5 Å². The number of halogens is 1. The van der Waals surface area contributed by atoms with Gasteiger partial charge in [0.2, 0.25) is 0 Å². The minimum atomic E-state index is -0.739. The first-order chi connectivity index (χ1) is 13.0. The van der Waals surface area contributed by atoms with Crippen molar-refractivity contribution in [1.82, 2.24) is 5.32 Å². The molecule has 0 saturated heterocycles. The maximum Gasteiger partial charge on any atom is 0.338 e. The lowest BCUT2D eigenvalue weighted by atomic mass is 10.1. The van der Waals surface area contributed by atoms with Gasteiger partial charge >= 0.3 is 5.97 Å². The molecule has 1 amide bonds. The monoisotopic (exact) mass is 383 g/mol. The highest BCUT2D eigenvalue weighted by Gasteiger charge is 2.19. The van der Waals surface area contributed by atoms with Crippen LogP contribution in [0.2, 0.25) is 0 Å². The third kappa shape index (κ3) is 4.80. The summed E-state index contributed by atoms with van der Waals surface area (Å²) in [4.78, 5) is 25.3. The Balaban J connectivity index is 1.64. The summed E-state index contributed by atoms with van der Waals surface area (Å²) in [6.45, 7) is 1.16. The average molecular weight is 383 g/mol. The van der Waals surface area contributed by atoms with Crippen molar-refractivity contribution in [2.75, 3.05) is 6.61 Å². The van der Waals surface area contributed by atoms with Crippen LogP contribution in [0, 0.1) is 12.7 Å². The second-order valence-electron chi connectivity index (χ2n) is 5.97. The van der Waals surface area contributed by atoms with Crippen LogP contribution in [0.5, 0.6) is 0 Å². The predicted molar refractivity (Wildman–Crippen MR) is 102 cm³/mol. The van der Waals surface area contributed by atoms with Gasteiger partial charge in [0.1, 0.15) is 5.82 Å². The van der Waals surface area contributed by atoms with Gasteiger partial charge in [0, 0.05) is 4.88 Å². The number of carbonyl (C=O) groups excluding carboxylic acids is 2. The number of aryl methyl sites for hydroxylation is 1. The molecular weight excluding hydrogens is 365 g/mol. The lowest BCUT2D eigenvalue weighted by Gasteiger charge is -2.18. The molecule has 138 valence electrons. The van der Waals surface area contributed by atoms with Crippen LogP contribution in [0.4, 0.5) is 4.39 Å². The van der Waals surface area contributed by atoms with E-state index in [2.05, 4.69) is 5.32 Å². The summed E-state index contributed by atoms with van der Waals surface area (Å²) >= 11 is 1.53. The Labute approximate surface area is 160 Å². The Bertz CT molecular complexity index is 926. The van der Waals surface area contributed by atoms with E-state index in [1.807, 2.05) is 47.8 Å². The van der Waals surface area contributed by atoms with Crippen LogP contribution in [0.1, 0.15) is 32.4 Å². The first-order valence-corrected chi connectivity index (χ1v) is 9.23. The third-order valence-corrected chi connectivity index (χ3v) is 4.94. The molecule has 0 spiro atoms. The van der Waals surface area contributed by atoms with E-state index in [-0.39, 0.29) is 11.6 Å². The lowest BCUT2D eigenvalue weighted by molar-refractivity contribution is -0.124. The van der Waals surface area contributed by atoms with Gasteiger partial charge < -0.3 is 10.1 Å². The van der Waals surface area contributed by atoms with Crippen LogP contribution in [-0.2, 0) is 9.53 Å². The number of rotatable bonds is 6. The van der Waals surface area contributed by atoms with Crippen molar-refractivity contribution < 1.29 is 18.7 Å². The summed E-state index contributed by atoms with van der Waals surface area (Å²) in [5, 5.41) is 4.82. The molecule has 0 bridgehead atoms. The second-order valence-corrected chi connectivity index (χ2v) is 6.95. The molecule has 4 nitrogen and oxygen atoms in total. The van der Waals surface area contributed by atoms with Gasteiger partial charge in [-0.2, -0.15) is 0 Å². The zero-order valence-electron chi connectivity index (χ0n) is 14.6. The van der Waals surface area contributed by atoms with Crippen molar-refractivity contribution in [1.29, 1.82) is 0 Å². The van der Waals surface area contributed by atoms with Gasteiger partial charge in [0.05, 0.1) is 11.6 Å². The summed E-state index contributed by atoms with van der Waals surface area (Å²) in [5.41, 5.74) is 1.44. The molecule has 0 aliphatic heterocycles. The molecule has 2 aromatic carbocycles. The summed E-state index contributed by atoms with van der Waals surface area (Å²) in [5.74, 6) is -1.66. The molecule has 3 rings (SSSR count). The van der Waals surface area contributed by atoms with Crippen molar-refractivity contribution in [3.05, 3.63) is 93.4 Å². The molecule has 0 fully saturated rings. The van der Waals surface area contributed by atoms with E-state index in [4.69, 9.17) is 4.74 Å². The van der Waals surface area contributed by atoms with Crippen molar-refractivity contribution in [2.45, 2.75) is 13.0 Å². The quantitative estimate of drug-likeness (QED) is 0.647. The van der Waals surface area contributed by atoms with Crippen molar-refractivity contribution in [3.8, 4) is 0 Å². The first kappa shape index (κ1) is 18.8. The fourth-order valence-electron chi connectivity index (χ4n) is 2.56. The number of carbonyl (C=O) groups is 2. The van der Waals surface area contributed by atoms with E-state index in [1.165, 1.54) is 23.5 Å². The van der Waals surface area contributed by atoms with E-state index in [0.29, 0.717) is 5.56 Å². The van der Waals surface area contributed by atoms with Crippen LogP contribution in [0.3, 0.4) is 0 Å². The van der Waals surface area contributed by atoms with Crippen LogP contribution in [0.15, 0.2) is 66.0 Å². The Kier molecular flexibility index (Phi) is 5.98. The number of hydrogen-bond acceptors (Lipinski definition) is 4. The summed E-state index contributed by atoms with van der Waals surface area (Å²) in [7, 11) is 0. The molecule has 0 unspecified atom stereocenters. The fourth-order valence-corrected chi connectivity index (χ4v) is 3.36. The van der Waals surface area contributed by atoms with Crippen molar-refractivity contribution >= 4 is 23.2 Å². The zero-order chi connectivity index (χ0) is 19.2. The number of amides is 1. The Hall–Kier alpha value is -2.99. The van der Waals surface area contributed by atoms with Crippen LogP contribution >= 0.6 is 11.3 Å². The molecule has 6 heteroatoms. The third-order valence-electron chi connectivity index (χ3n) is 4.01. The topological polar surface area (TPSA) is 55.4 Å². The number of hydrogen-bond donors (Lipinski definition) is 1. The first-order valence-electron chi connectivity index (χ1n) is 8.35. The number of ether oxygens (including phenoxy) is 1. The summed E-state index contributed by atoms with van der Waals surface area (Å²) in [6.07, 6.45) is 0. The second kappa shape index (κ2) is 8.60. The van der Waals surface area contributed by atoms with Crippen LogP contribution < -0.4 is 5.32 Å². The largest absolute Gasteiger partial charge is 0.452 e. The lowest BCUT2D eigenvalue weighted by Crippen LogP contribution is -2.32. The highest BCUT2D eigenvalue weighted by Crippen LogP contribution is 2.25. The zero-order valence-corrected chi connectivity index (χ0v) is 15.5. The van der Waals surface area contributed by atoms with Gasteiger partial charge in [-0.05, 0) is 41.6 Å². The van der Waals surface area contributed by atoms with E-state index in [1.54, 1.807) is 6.92 Å². The molecule has 27 heavy (non-hydrogen) atoms. The summed E-state index contributed by atoms with van der Waals surface area (Å²) < 4.78 is 18.6. The smallest absolute Gasteiger partial charge is 0.338 e. The Morgan fingerprint density at radius 2 is 1.89 bits per heavy atom. The van der Waals surface area contributed by atoms with Gasteiger partial charge in [-0.25, -0.2) is 9.18 Å². The SMILES string of the molecule is Cc1ccc(C(=O)OCC(=O)N[C@@H](c2ccccc2)c2cccs2)cc1F. The molecule has 0 radical (unpaired) electrons. The van der Waals surface area contributed by atoms with E-state index >= 15 is 0 Å². The Morgan fingerprint density at radius 1 is 1.11 bits per heavy atom. The van der Waals surface area contributed by atoms with Gasteiger partial charge in [-0.1, -0.05) is 42.5 Å². The minimum absolute atomic E-state index is 0.0729. The Morgan fingerprint density at radius 3 is 2.56 bits per heavy atom. The van der Waals surface area contributed by atoms with Gasteiger partial charge in [0.25, 0.3) is 5.91 Å². The van der Waals surface area contributed by atoms with E-state index in [9.17, 15) is 14.0 Å². The standard InChI is InChI=1S/C21H18FNO3S/c1-14-9-10-16(12-17(14)22)21(25)26-13-19(24)23-20(18-8-5-11-27-18)15-6-3-2-4-7-15/h2-12,20H,13H2,1H3,(H,23,24)/t20-/m0/s1. The maximum absolute atomic E-state index is 13.6. The minimum Gasteiger partial charge on any atom is -0.452 e. The highest BCUT2D eigenvalue weighted by molar-refractivity contribution is 7.10. The van der Waals surface area contributed by atoms with E-state index in [0.717, 1.165) is 16.5 Å². The van der Waals surface area contributed by atoms with Gasteiger partial charge in [0.15, 0.2) is 6.61 Å². The number of thiophene rings is 1. The molecular formula is C21H18FNO3S. The molecule has 0 aliphatic carbocycles. The average Bonchev–Trinajstić information content (AvgIpc) is 3.21. The van der Waals surface area contributed by atoms with Gasteiger partial charge in [-0.3, -0.25) is 4.79 Å². The van der Waals surface area contributed by atoms with Crippen molar-refractivity contribution in [3.63, 3.8) is 0 Å². The number of esters is 1. The van der Waals surface area contributed by atoms with Crippen molar-refractivity contribution in [2.24, 2.45) is 0 Å². The molecule has 1 N–H and O–H groups in total. The number of nitrogens with one attached hydrogen (secondary N) is 1. The van der Waals surface area contributed by atoms with Crippen LogP contribution in [0.25, 0.3) is 0 Å². The molecule has 1 aromatic heterocycles.